The Morgan fingerprint density at radius 3 is 2.47 bits per heavy atom. The number of hydrogen-bond donors (Lipinski definition) is 1. The monoisotopic (exact) mass is 476 g/mol. The van der Waals surface area contributed by atoms with Crippen LogP contribution < -0.4 is 10.1 Å². The molecule has 1 aliphatic heterocycles. The number of anilines is 1. The van der Waals surface area contributed by atoms with Crippen LogP contribution in [0.15, 0.2) is 41.3 Å². The third kappa shape index (κ3) is 5.19. The van der Waals surface area contributed by atoms with Gasteiger partial charge >= 0.3 is 6.18 Å². The Labute approximate surface area is 182 Å². The quantitative estimate of drug-likeness (QED) is 0.645. The zero-order valence-electron chi connectivity index (χ0n) is 16.9. The average molecular weight is 476 g/mol. The summed E-state index contributed by atoms with van der Waals surface area (Å²) in [7, 11) is -4.02. The Morgan fingerprint density at radius 2 is 1.84 bits per heavy atom. The Morgan fingerprint density at radius 1 is 1.16 bits per heavy atom. The molecule has 32 heavy (non-hydrogen) atoms. The summed E-state index contributed by atoms with van der Waals surface area (Å²) in [6, 6.07) is 5.18. The molecule has 0 radical (unpaired) electrons. The van der Waals surface area contributed by atoms with E-state index in [1.165, 1.54) is 0 Å². The van der Waals surface area contributed by atoms with Gasteiger partial charge in [-0.15, -0.1) is 0 Å². The molecule has 1 saturated heterocycles. The molecule has 3 rings (SSSR count). The van der Waals surface area contributed by atoms with Crippen molar-refractivity contribution in [1.82, 2.24) is 4.31 Å². The molecule has 2 aromatic rings. The SMILES string of the molecule is CCOc1ccc(C(F)(F)F)cc1NC(=O)c1cc(S(=O)(=O)N2CCOCC2)ccc1F. The molecule has 1 heterocycles. The molecule has 1 fully saturated rings. The van der Waals surface area contributed by atoms with E-state index in [0.717, 1.165) is 34.6 Å². The number of halogens is 4. The van der Waals surface area contributed by atoms with Crippen LogP contribution in [-0.2, 0) is 20.9 Å². The van der Waals surface area contributed by atoms with Crippen LogP contribution in [-0.4, -0.2) is 51.5 Å². The fourth-order valence-electron chi connectivity index (χ4n) is 3.05. The van der Waals surface area contributed by atoms with Crippen molar-refractivity contribution in [3.63, 3.8) is 0 Å². The number of carbonyl (C=O) groups is 1. The predicted molar refractivity (Wildman–Crippen MR) is 107 cm³/mol. The maximum absolute atomic E-state index is 14.4. The Hall–Kier alpha value is -2.70. The van der Waals surface area contributed by atoms with Crippen molar-refractivity contribution in [2.75, 3.05) is 38.2 Å². The molecule has 12 heteroatoms. The summed E-state index contributed by atoms with van der Waals surface area (Å²) in [6.45, 7) is 2.30. The summed E-state index contributed by atoms with van der Waals surface area (Å²) < 4.78 is 90.7. The molecule has 0 bridgehead atoms. The van der Waals surface area contributed by atoms with Gasteiger partial charge in [0.25, 0.3) is 5.91 Å². The van der Waals surface area contributed by atoms with Crippen LogP contribution in [0.2, 0.25) is 0 Å². The number of nitrogens with zero attached hydrogens (tertiary/aromatic N) is 1. The molecule has 0 atom stereocenters. The molecule has 0 unspecified atom stereocenters. The summed E-state index contributed by atoms with van der Waals surface area (Å²) in [5.74, 6) is -2.21. The number of amides is 1. The lowest BCUT2D eigenvalue weighted by atomic mass is 10.1. The molecule has 2 aromatic carbocycles. The number of alkyl halides is 3. The second-order valence-corrected chi connectivity index (χ2v) is 8.69. The van der Waals surface area contributed by atoms with E-state index in [-0.39, 0.29) is 49.2 Å². The normalized spacial score (nSPS) is 15.4. The van der Waals surface area contributed by atoms with Crippen LogP contribution >= 0.6 is 0 Å². The van der Waals surface area contributed by atoms with Gasteiger partial charge in [-0.05, 0) is 43.3 Å². The van der Waals surface area contributed by atoms with E-state index in [9.17, 15) is 30.8 Å². The summed E-state index contributed by atoms with van der Waals surface area (Å²) in [5, 5.41) is 2.19. The van der Waals surface area contributed by atoms with Crippen molar-refractivity contribution in [1.29, 1.82) is 0 Å². The highest BCUT2D eigenvalue weighted by Gasteiger charge is 2.32. The number of ether oxygens (including phenoxy) is 2. The van der Waals surface area contributed by atoms with Gasteiger partial charge in [-0.2, -0.15) is 17.5 Å². The highest BCUT2D eigenvalue weighted by atomic mass is 32.2. The highest BCUT2D eigenvalue weighted by Crippen LogP contribution is 2.35. The van der Waals surface area contributed by atoms with Crippen LogP contribution in [0.5, 0.6) is 5.75 Å². The first kappa shape index (κ1) is 24.0. The molecule has 0 aromatic heterocycles. The smallest absolute Gasteiger partial charge is 0.416 e. The van der Waals surface area contributed by atoms with Crippen LogP contribution in [0.3, 0.4) is 0 Å². The fraction of sp³-hybridized carbons (Fsp3) is 0.350. The largest absolute Gasteiger partial charge is 0.492 e. The van der Waals surface area contributed by atoms with E-state index >= 15 is 0 Å². The predicted octanol–water partition coefficient (Wildman–Crippen LogP) is 3.52. The minimum Gasteiger partial charge on any atom is -0.492 e. The molecule has 174 valence electrons. The Kier molecular flexibility index (Phi) is 7.06. The van der Waals surface area contributed by atoms with Crippen molar-refractivity contribution in [3.8, 4) is 5.75 Å². The molecule has 1 amide bonds. The molecular formula is C20H20F4N2O5S. The van der Waals surface area contributed by atoms with Crippen molar-refractivity contribution in [3.05, 3.63) is 53.3 Å². The Bertz CT molecular complexity index is 1100. The van der Waals surface area contributed by atoms with Gasteiger partial charge in [-0.25, -0.2) is 12.8 Å². The summed E-state index contributed by atoms with van der Waals surface area (Å²) in [5.41, 5.74) is -2.01. The number of rotatable bonds is 6. The van der Waals surface area contributed by atoms with Crippen molar-refractivity contribution >= 4 is 21.6 Å². The molecule has 0 aliphatic carbocycles. The molecule has 1 aliphatic rings. The van der Waals surface area contributed by atoms with Gasteiger partial charge in [-0.1, -0.05) is 0 Å². The number of morpholine rings is 1. The molecular weight excluding hydrogens is 456 g/mol. The van der Waals surface area contributed by atoms with E-state index in [0.29, 0.717) is 6.07 Å². The van der Waals surface area contributed by atoms with Crippen LogP contribution in [0.4, 0.5) is 23.2 Å². The van der Waals surface area contributed by atoms with Gasteiger partial charge in [0.1, 0.15) is 11.6 Å². The number of benzene rings is 2. The lowest BCUT2D eigenvalue weighted by Gasteiger charge is -2.26. The van der Waals surface area contributed by atoms with E-state index < -0.39 is 39.1 Å². The zero-order chi connectivity index (χ0) is 23.5. The minimum absolute atomic E-state index is 0.0497. The van der Waals surface area contributed by atoms with Crippen molar-refractivity contribution in [2.45, 2.75) is 18.0 Å². The lowest BCUT2D eigenvalue weighted by molar-refractivity contribution is -0.137. The van der Waals surface area contributed by atoms with E-state index in [1.807, 2.05) is 0 Å². The molecule has 0 saturated carbocycles. The fourth-order valence-corrected chi connectivity index (χ4v) is 4.48. The average Bonchev–Trinajstić information content (AvgIpc) is 2.75. The first-order chi connectivity index (χ1) is 15.0. The van der Waals surface area contributed by atoms with Gasteiger partial charge in [0, 0.05) is 13.1 Å². The second-order valence-electron chi connectivity index (χ2n) is 6.75. The third-order valence-electron chi connectivity index (χ3n) is 4.65. The van der Waals surface area contributed by atoms with Crippen molar-refractivity contribution < 1.29 is 40.2 Å². The first-order valence-electron chi connectivity index (χ1n) is 9.57. The van der Waals surface area contributed by atoms with Crippen LogP contribution in [0, 0.1) is 5.82 Å². The van der Waals surface area contributed by atoms with Gasteiger partial charge in [0.15, 0.2) is 0 Å². The topological polar surface area (TPSA) is 84.9 Å². The van der Waals surface area contributed by atoms with Gasteiger partial charge in [0.05, 0.1) is 41.5 Å². The molecule has 7 nitrogen and oxygen atoms in total. The maximum atomic E-state index is 14.4. The van der Waals surface area contributed by atoms with E-state index in [4.69, 9.17) is 9.47 Å². The first-order valence-corrected chi connectivity index (χ1v) is 11.0. The van der Waals surface area contributed by atoms with E-state index in [1.54, 1.807) is 6.92 Å². The minimum atomic E-state index is -4.68. The summed E-state index contributed by atoms with van der Waals surface area (Å²) >= 11 is 0. The van der Waals surface area contributed by atoms with Crippen LogP contribution in [0.25, 0.3) is 0 Å². The van der Waals surface area contributed by atoms with Gasteiger partial charge in [0.2, 0.25) is 10.0 Å². The summed E-state index contributed by atoms with van der Waals surface area (Å²) in [4.78, 5) is 12.4. The molecule has 1 N–H and O–H groups in total. The Balaban J connectivity index is 1.94. The van der Waals surface area contributed by atoms with Gasteiger partial charge in [-0.3, -0.25) is 4.79 Å². The van der Waals surface area contributed by atoms with Gasteiger partial charge < -0.3 is 14.8 Å². The number of nitrogens with one attached hydrogen (secondary N) is 1. The summed E-state index contributed by atoms with van der Waals surface area (Å²) in [6.07, 6.45) is -4.68. The zero-order valence-corrected chi connectivity index (χ0v) is 17.7. The second kappa shape index (κ2) is 9.43. The lowest BCUT2D eigenvalue weighted by Crippen LogP contribution is -2.40. The molecule has 0 spiro atoms. The maximum Gasteiger partial charge on any atom is 0.416 e. The number of sulfonamides is 1. The third-order valence-corrected chi connectivity index (χ3v) is 6.54. The number of carbonyl (C=O) groups excluding carboxylic acids is 1. The van der Waals surface area contributed by atoms with Crippen molar-refractivity contribution in [2.24, 2.45) is 0 Å². The standard InChI is InChI=1S/C20H20F4N2O5S/c1-2-31-18-6-3-13(20(22,23)24)11-17(18)25-19(27)15-12-14(4-5-16(15)21)32(28,29)26-7-9-30-10-8-26/h3-6,11-12H,2,7-10H2,1H3,(H,25,27). The number of hydrogen-bond acceptors (Lipinski definition) is 5. The highest BCUT2D eigenvalue weighted by molar-refractivity contribution is 7.89. The van der Waals surface area contributed by atoms with E-state index in [2.05, 4.69) is 5.32 Å². The van der Waals surface area contributed by atoms with Crippen LogP contribution in [0.1, 0.15) is 22.8 Å².